The Hall–Kier alpha value is -2.81. The van der Waals surface area contributed by atoms with Gasteiger partial charge in [-0.05, 0) is 66.1 Å². The number of nitrogens with zero attached hydrogens (tertiary/aromatic N) is 1. The van der Waals surface area contributed by atoms with Crippen molar-refractivity contribution >= 4 is 22.4 Å². The summed E-state index contributed by atoms with van der Waals surface area (Å²) in [5.41, 5.74) is 3.68. The lowest BCUT2D eigenvalue weighted by Gasteiger charge is -2.32. The van der Waals surface area contributed by atoms with Crippen LogP contribution < -0.4 is 10.2 Å². The first kappa shape index (κ1) is 20.5. The monoisotopic (exact) mass is 400 g/mol. The smallest absolute Gasteiger partial charge is 0.220 e. The minimum atomic E-state index is 0.0143. The van der Waals surface area contributed by atoms with Gasteiger partial charge in [-0.2, -0.15) is 0 Å². The number of amides is 1. The summed E-state index contributed by atoms with van der Waals surface area (Å²) in [6.45, 7) is 6.68. The van der Waals surface area contributed by atoms with Gasteiger partial charge in [0.1, 0.15) is 0 Å². The molecule has 1 aliphatic heterocycles. The molecule has 1 saturated heterocycles. The number of benzene rings is 3. The molecule has 1 heterocycles. The van der Waals surface area contributed by atoms with E-state index in [0.717, 1.165) is 31.0 Å². The standard InChI is InChI=1S/C27H32N2O/c1-20-16-18-29(19-17-20)25-13-10-22(11-14-25)21(2)28-27(30)15-12-24-8-5-7-23-6-3-4-9-26(23)24/h3-11,13-14,20-21H,12,15-19H2,1-2H3,(H,28,30)/t21-/m0/s1. The van der Waals surface area contributed by atoms with E-state index in [0.29, 0.717) is 6.42 Å². The van der Waals surface area contributed by atoms with Gasteiger partial charge in [0, 0.05) is 25.2 Å². The fourth-order valence-electron chi connectivity index (χ4n) is 4.40. The van der Waals surface area contributed by atoms with Crippen molar-refractivity contribution in [3.8, 4) is 0 Å². The minimum Gasteiger partial charge on any atom is -0.372 e. The van der Waals surface area contributed by atoms with Crippen LogP contribution in [0.3, 0.4) is 0 Å². The van der Waals surface area contributed by atoms with Crippen LogP contribution in [-0.2, 0) is 11.2 Å². The number of aryl methyl sites for hydroxylation is 1. The van der Waals surface area contributed by atoms with E-state index >= 15 is 0 Å². The van der Waals surface area contributed by atoms with Crippen molar-refractivity contribution in [2.24, 2.45) is 5.92 Å². The lowest BCUT2D eigenvalue weighted by molar-refractivity contribution is -0.121. The predicted molar refractivity (Wildman–Crippen MR) is 126 cm³/mol. The number of carbonyl (C=O) groups is 1. The molecule has 3 nitrogen and oxygen atoms in total. The van der Waals surface area contributed by atoms with Crippen molar-refractivity contribution in [3.63, 3.8) is 0 Å². The molecule has 3 aromatic carbocycles. The largest absolute Gasteiger partial charge is 0.372 e. The van der Waals surface area contributed by atoms with Crippen molar-refractivity contribution in [1.82, 2.24) is 5.32 Å². The molecular formula is C27H32N2O. The molecule has 1 aliphatic rings. The summed E-state index contributed by atoms with van der Waals surface area (Å²) in [6, 6.07) is 23.4. The summed E-state index contributed by atoms with van der Waals surface area (Å²) in [7, 11) is 0. The number of fused-ring (bicyclic) bond motifs is 1. The highest BCUT2D eigenvalue weighted by atomic mass is 16.1. The second-order valence-electron chi connectivity index (χ2n) is 8.69. The molecule has 0 unspecified atom stereocenters. The quantitative estimate of drug-likeness (QED) is 0.560. The number of hydrogen-bond donors (Lipinski definition) is 1. The maximum absolute atomic E-state index is 12.6. The van der Waals surface area contributed by atoms with Crippen LogP contribution >= 0.6 is 0 Å². The molecule has 30 heavy (non-hydrogen) atoms. The number of anilines is 1. The van der Waals surface area contributed by atoms with E-state index in [1.54, 1.807) is 0 Å². The first-order valence-corrected chi connectivity index (χ1v) is 11.2. The lowest BCUT2D eigenvalue weighted by atomic mass is 9.98. The third kappa shape index (κ3) is 4.84. The van der Waals surface area contributed by atoms with E-state index in [9.17, 15) is 4.79 Å². The molecule has 0 aromatic heterocycles. The van der Waals surface area contributed by atoms with Gasteiger partial charge in [0.05, 0.1) is 6.04 Å². The molecule has 3 heteroatoms. The number of nitrogens with one attached hydrogen (secondary N) is 1. The second-order valence-corrected chi connectivity index (χ2v) is 8.69. The third-order valence-corrected chi connectivity index (χ3v) is 6.42. The van der Waals surface area contributed by atoms with E-state index in [2.05, 4.69) is 90.8 Å². The van der Waals surface area contributed by atoms with Crippen LogP contribution in [0.4, 0.5) is 5.69 Å². The Balaban J connectivity index is 1.32. The van der Waals surface area contributed by atoms with Gasteiger partial charge in [0.25, 0.3) is 0 Å². The summed E-state index contributed by atoms with van der Waals surface area (Å²) in [6.07, 6.45) is 3.80. The molecule has 0 spiro atoms. The fourth-order valence-corrected chi connectivity index (χ4v) is 4.40. The Morgan fingerprint density at radius 1 is 1.00 bits per heavy atom. The van der Waals surface area contributed by atoms with Crippen LogP contribution in [-0.4, -0.2) is 19.0 Å². The van der Waals surface area contributed by atoms with Crippen LogP contribution in [0.2, 0.25) is 0 Å². The highest BCUT2D eigenvalue weighted by molar-refractivity contribution is 5.86. The van der Waals surface area contributed by atoms with Crippen molar-refractivity contribution in [3.05, 3.63) is 77.9 Å². The number of carbonyl (C=O) groups excluding carboxylic acids is 1. The van der Waals surface area contributed by atoms with Gasteiger partial charge < -0.3 is 10.2 Å². The minimum absolute atomic E-state index is 0.0143. The molecule has 156 valence electrons. The molecule has 4 rings (SSSR count). The van der Waals surface area contributed by atoms with Crippen molar-refractivity contribution < 1.29 is 4.79 Å². The van der Waals surface area contributed by atoms with E-state index in [1.807, 2.05) is 0 Å². The molecule has 0 aliphatic carbocycles. The summed E-state index contributed by atoms with van der Waals surface area (Å²) in [5, 5.41) is 5.63. The fraction of sp³-hybridized carbons (Fsp3) is 0.370. The van der Waals surface area contributed by atoms with Crippen LogP contribution in [0.1, 0.15) is 50.3 Å². The van der Waals surface area contributed by atoms with Gasteiger partial charge in [-0.15, -0.1) is 0 Å². The molecule has 3 aromatic rings. The molecule has 0 bridgehead atoms. The van der Waals surface area contributed by atoms with Gasteiger partial charge in [-0.25, -0.2) is 0 Å². The van der Waals surface area contributed by atoms with Crippen LogP contribution in [0, 0.1) is 5.92 Å². The maximum Gasteiger partial charge on any atom is 0.220 e. The zero-order chi connectivity index (χ0) is 20.9. The summed E-state index contributed by atoms with van der Waals surface area (Å²) >= 11 is 0. The SMILES string of the molecule is CC1CCN(c2ccc([C@H](C)NC(=O)CCc3cccc4ccccc34)cc2)CC1. The molecule has 1 fully saturated rings. The Labute approximate surface area is 180 Å². The van der Waals surface area contributed by atoms with E-state index in [1.165, 1.54) is 34.9 Å². The molecule has 0 radical (unpaired) electrons. The Bertz CT molecular complexity index is 982. The average Bonchev–Trinajstić information content (AvgIpc) is 2.78. The van der Waals surface area contributed by atoms with Crippen molar-refractivity contribution in [2.45, 2.75) is 45.6 Å². The highest BCUT2D eigenvalue weighted by Gasteiger charge is 2.16. The molecule has 0 saturated carbocycles. The van der Waals surface area contributed by atoms with Gasteiger partial charge in [0.15, 0.2) is 0 Å². The zero-order valence-corrected chi connectivity index (χ0v) is 18.1. The first-order chi connectivity index (χ1) is 14.6. The summed E-state index contributed by atoms with van der Waals surface area (Å²) in [5.74, 6) is 0.939. The Morgan fingerprint density at radius 3 is 2.47 bits per heavy atom. The molecule has 1 N–H and O–H groups in total. The van der Waals surface area contributed by atoms with E-state index < -0.39 is 0 Å². The van der Waals surface area contributed by atoms with Crippen LogP contribution in [0.15, 0.2) is 66.7 Å². The number of rotatable bonds is 6. The average molecular weight is 401 g/mol. The number of piperidine rings is 1. The normalized spacial score (nSPS) is 15.9. The topological polar surface area (TPSA) is 32.3 Å². The van der Waals surface area contributed by atoms with E-state index in [-0.39, 0.29) is 11.9 Å². The molecule has 1 amide bonds. The van der Waals surface area contributed by atoms with Crippen LogP contribution in [0.5, 0.6) is 0 Å². The van der Waals surface area contributed by atoms with E-state index in [4.69, 9.17) is 0 Å². The first-order valence-electron chi connectivity index (χ1n) is 11.2. The summed E-state index contributed by atoms with van der Waals surface area (Å²) < 4.78 is 0. The number of hydrogen-bond acceptors (Lipinski definition) is 2. The highest BCUT2D eigenvalue weighted by Crippen LogP contribution is 2.25. The van der Waals surface area contributed by atoms with Crippen LogP contribution in [0.25, 0.3) is 10.8 Å². The molecule has 1 atom stereocenters. The van der Waals surface area contributed by atoms with Gasteiger partial charge in [-0.3, -0.25) is 4.79 Å². The molecular weight excluding hydrogens is 368 g/mol. The van der Waals surface area contributed by atoms with Crippen molar-refractivity contribution in [1.29, 1.82) is 0 Å². The van der Waals surface area contributed by atoms with Gasteiger partial charge in [-0.1, -0.05) is 61.5 Å². The summed E-state index contributed by atoms with van der Waals surface area (Å²) in [4.78, 5) is 15.0. The predicted octanol–water partition coefficient (Wildman–Crippen LogP) is 5.89. The second kappa shape index (κ2) is 9.34. The zero-order valence-electron chi connectivity index (χ0n) is 18.1. The Kier molecular flexibility index (Phi) is 6.37. The lowest BCUT2D eigenvalue weighted by Crippen LogP contribution is -2.32. The third-order valence-electron chi connectivity index (χ3n) is 6.42. The van der Waals surface area contributed by atoms with Gasteiger partial charge >= 0.3 is 0 Å². The van der Waals surface area contributed by atoms with Crippen molar-refractivity contribution in [2.75, 3.05) is 18.0 Å². The van der Waals surface area contributed by atoms with Gasteiger partial charge in [0.2, 0.25) is 5.91 Å². The Morgan fingerprint density at radius 2 is 1.70 bits per heavy atom. The maximum atomic E-state index is 12.6.